The van der Waals surface area contributed by atoms with Gasteiger partial charge in [0.1, 0.15) is 0 Å². The fourth-order valence-corrected chi connectivity index (χ4v) is 10.8. The lowest BCUT2D eigenvalue weighted by molar-refractivity contribution is -0.206. The molecule has 5 aliphatic carbocycles. The van der Waals surface area contributed by atoms with Crippen molar-refractivity contribution < 1.29 is 15.0 Å². The SMILES string of the molecule is C[C@@H]1C2C3=CCC4[C@@]5(C)CC[C@H](O)C(C)(C)C5CC[C@@]4(C)[C@]3(C)CC[C@@]2(C(=O)O)CC[C@@H]1C. The van der Waals surface area contributed by atoms with Gasteiger partial charge in [-0.2, -0.15) is 0 Å². The molecule has 0 aromatic carbocycles. The molecule has 0 aromatic heterocycles. The van der Waals surface area contributed by atoms with Gasteiger partial charge in [-0.15, -0.1) is 0 Å². The van der Waals surface area contributed by atoms with Crippen LogP contribution in [0.15, 0.2) is 11.6 Å². The molecule has 4 saturated carbocycles. The van der Waals surface area contributed by atoms with Gasteiger partial charge in [-0.05, 0) is 109 Å². The second kappa shape index (κ2) is 7.11. The quantitative estimate of drug-likeness (QED) is 0.414. The number of rotatable bonds is 1. The molecule has 5 rings (SSSR count). The minimum Gasteiger partial charge on any atom is -0.481 e. The summed E-state index contributed by atoms with van der Waals surface area (Å²) in [5.41, 5.74) is 1.46. The van der Waals surface area contributed by atoms with E-state index in [2.05, 4.69) is 54.5 Å². The normalized spacial score (nSPS) is 55.3. The maximum atomic E-state index is 12.8. The van der Waals surface area contributed by atoms with E-state index in [-0.39, 0.29) is 33.7 Å². The van der Waals surface area contributed by atoms with Crippen molar-refractivity contribution in [3.05, 3.63) is 11.6 Å². The Morgan fingerprint density at radius 1 is 0.909 bits per heavy atom. The Hall–Kier alpha value is -0.830. The molecule has 0 radical (unpaired) electrons. The number of carbonyl (C=O) groups is 1. The molecule has 0 heterocycles. The number of aliphatic hydroxyl groups is 1. The Bertz CT molecular complexity index is 874. The van der Waals surface area contributed by atoms with E-state index < -0.39 is 11.4 Å². The predicted octanol–water partition coefficient (Wildman–Crippen LogP) is 7.09. The summed E-state index contributed by atoms with van der Waals surface area (Å²) < 4.78 is 0. The molecule has 10 atom stereocenters. The van der Waals surface area contributed by atoms with Gasteiger partial charge >= 0.3 is 5.97 Å². The zero-order valence-electron chi connectivity index (χ0n) is 22.2. The minimum absolute atomic E-state index is 0.0302. The molecule has 3 heteroatoms. The van der Waals surface area contributed by atoms with Crippen molar-refractivity contribution in [2.45, 2.75) is 112 Å². The molecule has 0 amide bonds. The van der Waals surface area contributed by atoms with Crippen molar-refractivity contribution >= 4 is 5.97 Å². The molecule has 186 valence electrons. The fraction of sp³-hybridized carbons (Fsp3) is 0.900. The maximum absolute atomic E-state index is 12.8. The number of aliphatic carboxylic acids is 1. The van der Waals surface area contributed by atoms with E-state index in [1.165, 1.54) is 18.4 Å². The Morgan fingerprint density at radius 2 is 1.61 bits per heavy atom. The molecule has 33 heavy (non-hydrogen) atoms. The van der Waals surface area contributed by atoms with Crippen LogP contribution in [0.3, 0.4) is 0 Å². The van der Waals surface area contributed by atoms with Crippen LogP contribution in [0.2, 0.25) is 0 Å². The second-order valence-corrected chi connectivity index (χ2v) is 14.5. The number of carboxylic acid groups (broad SMARTS) is 1. The summed E-state index contributed by atoms with van der Waals surface area (Å²) >= 11 is 0. The van der Waals surface area contributed by atoms with Crippen LogP contribution in [0.1, 0.15) is 106 Å². The topological polar surface area (TPSA) is 57.5 Å². The van der Waals surface area contributed by atoms with Crippen LogP contribution >= 0.6 is 0 Å². The Morgan fingerprint density at radius 3 is 2.27 bits per heavy atom. The molecule has 2 N–H and O–H groups in total. The van der Waals surface area contributed by atoms with Crippen molar-refractivity contribution in [3.63, 3.8) is 0 Å². The highest BCUT2D eigenvalue weighted by Gasteiger charge is 2.69. The molecule has 0 aromatic rings. The molecule has 0 spiro atoms. The molecule has 4 fully saturated rings. The first kappa shape index (κ1) is 23.9. The summed E-state index contributed by atoms with van der Waals surface area (Å²) in [7, 11) is 0. The average Bonchev–Trinajstić information content (AvgIpc) is 2.74. The highest BCUT2D eigenvalue weighted by Crippen LogP contribution is 2.75. The van der Waals surface area contributed by atoms with Gasteiger partial charge in [0.2, 0.25) is 0 Å². The molecule has 3 unspecified atom stereocenters. The lowest BCUT2D eigenvalue weighted by atomic mass is 9.33. The zero-order valence-corrected chi connectivity index (χ0v) is 22.2. The third-order valence-electron chi connectivity index (χ3n) is 13.4. The van der Waals surface area contributed by atoms with E-state index in [0.29, 0.717) is 23.7 Å². The van der Waals surface area contributed by atoms with Gasteiger partial charge in [0, 0.05) is 0 Å². The van der Waals surface area contributed by atoms with Gasteiger partial charge in [0.15, 0.2) is 0 Å². The van der Waals surface area contributed by atoms with Crippen molar-refractivity contribution in [1.29, 1.82) is 0 Å². The third-order valence-corrected chi connectivity index (χ3v) is 13.4. The summed E-state index contributed by atoms with van der Waals surface area (Å²) in [6, 6.07) is 0. The zero-order chi connectivity index (χ0) is 24.2. The Kier molecular flexibility index (Phi) is 5.15. The van der Waals surface area contributed by atoms with E-state index in [9.17, 15) is 15.0 Å². The smallest absolute Gasteiger partial charge is 0.310 e. The van der Waals surface area contributed by atoms with Crippen LogP contribution < -0.4 is 0 Å². The van der Waals surface area contributed by atoms with E-state index >= 15 is 0 Å². The first-order valence-electron chi connectivity index (χ1n) is 13.9. The molecule has 0 bridgehead atoms. The summed E-state index contributed by atoms with van der Waals surface area (Å²) in [5.74, 6) is 1.82. The number of allylic oxidation sites excluding steroid dienone is 2. The summed E-state index contributed by atoms with van der Waals surface area (Å²) in [6.45, 7) is 17.0. The summed E-state index contributed by atoms with van der Waals surface area (Å²) in [5, 5.41) is 21.4. The fourth-order valence-electron chi connectivity index (χ4n) is 10.8. The number of hydrogen-bond donors (Lipinski definition) is 2. The molecule has 5 aliphatic rings. The molecular weight excluding hydrogens is 408 g/mol. The predicted molar refractivity (Wildman–Crippen MR) is 133 cm³/mol. The molecule has 0 aliphatic heterocycles. The van der Waals surface area contributed by atoms with Crippen molar-refractivity contribution in [2.24, 2.45) is 56.7 Å². The molecular formula is C30H48O3. The van der Waals surface area contributed by atoms with Crippen molar-refractivity contribution in [1.82, 2.24) is 0 Å². The maximum Gasteiger partial charge on any atom is 0.310 e. The van der Waals surface area contributed by atoms with Crippen molar-refractivity contribution in [3.8, 4) is 0 Å². The third kappa shape index (κ3) is 2.75. The van der Waals surface area contributed by atoms with Gasteiger partial charge in [0.05, 0.1) is 11.5 Å². The highest BCUT2D eigenvalue weighted by molar-refractivity contribution is 5.76. The van der Waals surface area contributed by atoms with E-state index in [1.54, 1.807) is 0 Å². The van der Waals surface area contributed by atoms with Crippen LogP contribution in [-0.4, -0.2) is 22.3 Å². The average molecular weight is 457 g/mol. The minimum atomic E-state index is -0.557. The Labute approximate surface area is 201 Å². The van der Waals surface area contributed by atoms with E-state index in [0.717, 1.165) is 44.9 Å². The van der Waals surface area contributed by atoms with Crippen LogP contribution in [-0.2, 0) is 4.79 Å². The van der Waals surface area contributed by atoms with Crippen LogP contribution in [0.5, 0.6) is 0 Å². The van der Waals surface area contributed by atoms with Gasteiger partial charge < -0.3 is 10.2 Å². The summed E-state index contributed by atoms with van der Waals surface area (Å²) in [4.78, 5) is 12.8. The first-order chi connectivity index (χ1) is 15.3. The van der Waals surface area contributed by atoms with Crippen LogP contribution in [0.4, 0.5) is 0 Å². The van der Waals surface area contributed by atoms with Crippen molar-refractivity contribution in [2.75, 3.05) is 0 Å². The molecule has 0 saturated heterocycles. The number of hydrogen-bond acceptors (Lipinski definition) is 2. The molecule has 3 nitrogen and oxygen atoms in total. The summed E-state index contributed by atoms with van der Waals surface area (Å²) in [6.07, 6.45) is 11.6. The number of aliphatic hydroxyl groups excluding tert-OH is 1. The standard InChI is InChI=1S/C30H48O3/c1-18-10-15-30(25(32)33)17-16-28(6)20(24(30)19(18)2)8-9-22-27(5)13-12-23(31)26(3,4)21(27)11-14-29(22,28)7/h8,18-19,21-24,31H,9-17H2,1-7H3,(H,32,33)/t18-,19-,21?,22?,23-,24?,27-,28+,29+,30-/m0/s1. The van der Waals surface area contributed by atoms with E-state index in [4.69, 9.17) is 0 Å². The van der Waals surface area contributed by atoms with Gasteiger partial charge in [-0.25, -0.2) is 0 Å². The first-order valence-corrected chi connectivity index (χ1v) is 13.9. The Balaban J connectivity index is 1.61. The highest BCUT2D eigenvalue weighted by atomic mass is 16.4. The van der Waals surface area contributed by atoms with E-state index in [1.807, 2.05) is 0 Å². The van der Waals surface area contributed by atoms with Crippen LogP contribution in [0, 0.1) is 56.7 Å². The second-order valence-electron chi connectivity index (χ2n) is 14.5. The lowest BCUT2D eigenvalue weighted by Crippen LogP contribution is -2.65. The van der Waals surface area contributed by atoms with Gasteiger partial charge in [0.25, 0.3) is 0 Å². The monoisotopic (exact) mass is 456 g/mol. The lowest BCUT2D eigenvalue weighted by Gasteiger charge is -2.71. The number of fused-ring (bicyclic) bond motifs is 7. The van der Waals surface area contributed by atoms with Crippen LogP contribution in [0.25, 0.3) is 0 Å². The number of carboxylic acids is 1. The van der Waals surface area contributed by atoms with Gasteiger partial charge in [-0.1, -0.05) is 60.1 Å². The largest absolute Gasteiger partial charge is 0.481 e. The van der Waals surface area contributed by atoms with Gasteiger partial charge in [-0.3, -0.25) is 4.79 Å².